The summed E-state index contributed by atoms with van der Waals surface area (Å²) >= 11 is 0. The molecule has 0 aliphatic heterocycles. The molecule has 1 aromatic rings. The maximum Gasteiger partial charge on any atom is 0.123 e. The lowest BCUT2D eigenvalue weighted by atomic mass is 10.2. The number of hydrogen-bond donors (Lipinski definition) is 0. The number of halogens is 1. The largest absolute Gasteiger partial charge is 0.489 e. The van der Waals surface area contributed by atoms with Gasteiger partial charge in [0.1, 0.15) is 18.2 Å². The lowest BCUT2D eigenvalue weighted by Gasteiger charge is -2.06. The van der Waals surface area contributed by atoms with Crippen LogP contribution in [0.2, 0.25) is 0 Å². The number of allylic oxidation sites excluding steroid dienone is 4. The van der Waals surface area contributed by atoms with Crippen LogP contribution < -0.4 is 0 Å². The molecule has 0 aromatic heterocycles. The van der Waals surface area contributed by atoms with Crippen LogP contribution in [0.5, 0.6) is 0 Å². The summed E-state index contributed by atoms with van der Waals surface area (Å²) in [5, 5.41) is 0. The third-order valence-electron chi connectivity index (χ3n) is 2.08. The van der Waals surface area contributed by atoms with Crippen LogP contribution in [0.4, 0.5) is 4.39 Å². The summed E-state index contributed by atoms with van der Waals surface area (Å²) in [6, 6.07) is 6.37. The van der Waals surface area contributed by atoms with Crippen molar-refractivity contribution in [3.63, 3.8) is 0 Å². The highest BCUT2D eigenvalue weighted by molar-refractivity contribution is 5.20. The lowest BCUT2D eigenvalue weighted by molar-refractivity contribution is 0.211. The fourth-order valence-electron chi connectivity index (χ4n) is 1.22. The van der Waals surface area contributed by atoms with E-state index in [2.05, 4.69) is 6.58 Å². The van der Waals surface area contributed by atoms with Crippen molar-refractivity contribution in [2.75, 3.05) is 0 Å². The summed E-state index contributed by atoms with van der Waals surface area (Å²) in [6.45, 7) is 8.02. The monoisotopic (exact) mass is 232 g/mol. The van der Waals surface area contributed by atoms with Crippen LogP contribution in [0.1, 0.15) is 19.4 Å². The Morgan fingerprint density at radius 2 is 2.12 bits per heavy atom. The zero-order valence-corrected chi connectivity index (χ0v) is 10.2. The van der Waals surface area contributed by atoms with Gasteiger partial charge in [0.2, 0.25) is 0 Å². The molecule has 0 aliphatic carbocycles. The highest BCUT2D eigenvalue weighted by Crippen LogP contribution is 2.09. The number of ether oxygens (including phenoxy) is 1. The van der Waals surface area contributed by atoms with Crippen LogP contribution in [0.3, 0.4) is 0 Å². The molecule has 0 atom stereocenters. The molecule has 1 rings (SSSR count). The fourth-order valence-corrected chi connectivity index (χ4v) is 1.22. The SMILES string of the molecule is C=C/C(=C\C=C(C)C)OCc1cccc(F)c1. The minimum Gasteiger partial charge on any atom is -0.489 e. The second-order valence-corrected chi connectivity index (χ2v) is 3.94. The third kappa shape index (κ3) is 5.16. The van der Waals surface area contributed by atoms with E-state index in [0.29, 0.717) is 12.4 Å². The topological polar surface area (TPSA) is 9.23 Å². The molecule has 0 N–H and O–H groups in total. The Labute approximate surface area is 102 Å². The van der Waals surface area contributed by atoms with E-state index in [0.717, 1.165) is 5.56 Å². The predicted octanol–water partition coefficient (Wildman–Crippen LogP) is 4.38. The van der Waals surface area contributed by atoms with E-state index < -0.39 is 0 Å². The summed E-state index contributed by atoms with van der Waals surface area (Å²) in [6.07, 6.45) is 5.43. The molecule has 1 aromatic carbocycles. The molecule has 0 fully saturated rings. The molecule has 1 nitrogen and oxygen atoms in total. The molecule has 0 aliphatic rings. The molecule has 0 radical (unpaired) electrons. The zero-order chi connectivity index (χ0) is 12.7. The quantitative estimate of drug-likeness (QED) is 0.540. The predicted molar refractivity (Wildman–Crippen MR) is 68.9 cm³/mol. The minimum atomic E-state index is -0.250. The van der Waals surface area contributed by atoms with Crippen LogP contribution in [-0.4, -0.2) is 0 Å². The highest BCUT2D eigenvalue weighted by Gasteiger charge is 1.97. The normalized spacial score (nSPS) is 10.9. The van der Waals surface area contributed by atoms with Crippen LogP contribution in [0, 0.1) is 5.82 Å². The molecule has 0 spiro atoms. The van der Waals surface area contributed by atoms with Gasteiger partial charge in [0.25, 0.3) is 0 Å². The molecular weight excluding hydrogens is 215 g/mol. The van der Waals surface area contributed by atoms with Crippen molar-refractivity contribution in [1.82, 2.24) is 0 Å². The molecule has 17 heavy (non-hydrogen) atoms. The highest BCUT2D eigenvalue weighted by atomic mass is 19.1. The van der Waals surface area contributed by atoms with Crippen LogP contribution >= 0.6 is 0 Å². The van der Waals surface area contributed by atoms with E-state index in [1.807, 2.05) is 32.1 Å². The van der Waals surface area contributed by atoms with E-state index in [1.165, 1.54) is 17.7 Å². The first-order valence-electron chi connectivity index (χ1n) is 5.46. The molecule has 2 heteroatoms. The minimum absolute atomic E-state index is 0.250. The third-order valence-corrected chi connectivity index (χ3v) is 2.08. The van der Waals surface area contributed by atoms with Crippen molar-refractivity contribution in [2.45, 2.75) is 20.5 Å². The second-order valence-electron chi connectivity index (χ2n) is 3.94. The summed E-state index contributed by atoms with van der Waals surface area (Å²) in [7, 11) is 0. The van der Waals surface area contributed by atoms with E-state index in [1.54, 1.807) is 12.1 Å². The number of hydrogen-bond acceptors (Lipinski definition) is 1. The van der Waals surface area contributed by atoms with Crippen molar-refractivity contribution < 1.29 is 9.13 Å². The molecule has 0 unspecified atom stereocenters. The van der Waals surface area contributed by atoms with Crippen molar-refractivity contribution in [3.8, 4) is 0 Å². The van der Waals surface area contributed by atoms with Gasteiger partial charge in [-0.15, -0.1) is 0 Å². The van der Waals surface area contributed by atoms with Gasteiger partial charge in [0.15, 0.2) is 0 Å². The maximum absolute atomic E-state index is 12.9. The standard InChI is InChI=1S/C15H17FO/c1-4-15(9-8-12(2)3)17-11-13-6-5-7-14(16)10-13/h4-10H,1,11H2,2-3H3/b15-9+. The van der Waals surface area contributed by atoms with Gasteiger partial charge in [-0.1, -0.05) is 30.4 Å². The summed E-state index contributed by atoms with van der Waals surface area (Å²) < 4.78 is 18.4. The molecule has 0 saturated carbocycles. The zero-order valence-electron chi connectivity index (χ0n) is 10.2. The fraction of sp³-hybridized carbons (Fsp3) is 0.200. The summed E-state index contributed by atoms with van der Waals surface area (Å²) in [4.78, 5) is 0. The van der Waals surface area contributed by atoms with E-state index in [-0.39, 0.29) is 5.82 Å². The van der Waals surface area contributed by atoms with Crippen molar-refractivity contribution >= 4 is 0 Å². The van der Waals surface area contributed by atoms with Crippen molar-refractivity contribution in [1.29, 1.82) is 0 Å². The average molecular weight is 232 g/mol. The molecular formula is C15H17FO. The first-order valence-corrected chi connectivity index (χ1v) is 5.46. The van der Waals surface area contributed by atoms with Crippen molar-refractivity contribution in [2.24, 2.45) is 0 Å². The molecule has 0 saturated heterocycles. The number of rotatable bonds is 5. The summed E-state index contributed by atoms with van der Waals surface area (Å²) in [5.41, 5.74) is 1.98. The molecule has 90 valence electrons. The first kappa shape index (κ1) is 13.2. The van der Waals surface area contributed by atoms with Gasteiger partial charge in [-0.25, -0.2) is 4.39 Å². The van der Waals surface area contributed by atoms with Gasteiger partial charge in [-0.05, 0) is 43.7 Å². The van der Waals surface area contributed by atoms with Crippen LogP contribution in [-0.2, 0) is 11.3 Å². The van der Waals surface area contributed by atoms with E-state index in [4.69, 9.17) is 4.74 Å². The maximum atomic E-state index is 12.9. The molecule has 0 amide bonds. The van der Waals surface area contributed by atoms with Gasteiger partial charge < -0.3 is 4.74 Å². The van der Waals surface area contributed by atoms with Crippen LogP contribution in [0.25, 0.3) is 0 Å². The van der Waals surface area contributed by atoms with Crippen LogP contribution in [0.15, 0.2) is 60.4 Å². The Hall–Kier alpha value is -1.83. The van der Waals surface area contributed by atoms with Gasteiger partial charge in [0, 0.05) is 0 Å². The van der Waals surface area contributed by atoms with E-state index >= 15 is 0 Å². The van der Waals surface area contributed by atoms with Gasteiger partial charge in [-0.3, -0.25) is 0 Å². The Bertz CT molecular complexity index is 440. The van der Waals surface area contributed by atoms with Crippen molar-refractivity contribution in [3.05, 3.63) is 71.8 Å². The Kier molecular flexibility index (Phi) is 5.21. The smallest absolute Gasteiger partial charge is 0.123 e. The lowest BCUT2D eigenvalue weighted by Crippen LogP contribution is -1.92. The first-order chi connectivity index (χ1) is 8.11. The average Bonchev–Trinajstić information content (AvgIpc) is 2.29. The van der Waals surface area contributed by atoms with Gasteiger partial charge in [-0.2, -0.15) is 0 Å². The van der Waals surface area contributed by atoms with Gasteiger partial charge >= 0.3 is 0 Å². The van der Waals surface area contributed by atoms with Gasteiger partial charge in [0.05, 0.1) is 0 Å². The Balaban J connectivity index is 2.62. The number of benzene rings is 1. The Morgan fingerprint density at radius 1 is 1.35 bits per heavy atom. The molecule has 0 bridgehead atoms. The molecule has 0 heterocycles. The van der Waals surface area contributed by atoms with E-state index in [9.17, 15) is 4.39 Å². The summed E-state index contributed by atoms with van der Waals surface area (Å²) in [5.74, 6) is 0.426. The Morgan fingerprint density at radius 3 is 2.71 bits per heavy atom. The second kappa shape index (κ2) is 6.69.